The van der Waals surface area contributed by atoms with Gasteiger partial charge in [-0.25, -0.2) is 9.97 Å². The Bertz CT molecular complexity index is 924. The van der Waals surface area contributed by atoms with Gasteiger partial charge in [-0.1, -0.05) is 0 Å². The van der Waals surface area contributed by atoms with Crippen molar-refractivity contribution >= 4 is 11.9 Å². The number of nitrogens with zero attached hydrogens (tertiary/aromatic N) is 4. The van der Waals surface area contributed by atoms with Gasteiger partial charge in [-0.15, -0.1) is 0 Å². The second kappa shape index (κ2) is 6.73. The summed E-state index contributed by atoms with van der Waals surface area (Å²) in [4.78, 5) is 44.0. The van der Waals surface area contributed by atoms with Crippen LogP contribution in [0, 0.1) is 0 Å². The van der Waals surface area contributed by atoms with Crippen molar-refractivity contribution in [2.24, 2.45) is 0 Å². The molecule has 0 radical (unpaired) electrons. The van der Waals surface area contributed by atoms with Gasteiger partial charge in [0.15, 0.2) is 0 Å². The Hall–Kier alpha value is -2.68. The van der Waals surface area contributed by atoms with E-state index in [0.717, 1.165) is 50.0 Å². The summed E-state index contributed by atoms with van der Waals surface area (Å²) in [6.07, 6.45) is 6.44. The van der Waals surface area contributed by atoms with Gasteiger partial charge in [0.1, 0.15) is 5.69 Å². The van der Waals surface area contributed by atoms with Crippen molar-refractivity contribution in [3.8, 4) is 0 Å². The molecule has 0 aromatic carbocycles. The number of fused-ring (bicyclic) bond motifs is 2. The van der Waals surface area contributed by atoms with Crippen molar-refractivity contribution in [3.63, 3.8) is 0 Å². The van der Waals surface area contributed by atoms with Crippen LogP contribution in [0.4, 0.5) is 5.95 Å². The number of piperidine rings is 1. The third-order valence-electron chi connectivity index (χ3n) is 6.41. The monoisotopic (exact) mass is 384 g/mol. The molecule has 1 aliphatic carbocycles. The quantitative estimate of drug-likeness (QED) is 0.779. The highest BCUT2D eigenvalue weighted by Crippen LogP contribution is 2.44. The second-order valence-electron chi connectivity index (χ2n) is 7.85. The molecule has 2 N–H and O–H groups in total. The van der Waals surface area contributed by atoms with Gasteiger partial charge in [0.2, 0.25) is 5.95 Å². The van der Waals surface area contributed by atoms with Crippen molar-refractivity contribution in [2.45, 2.75) is 31.1 Å². The summed E-state index contributed by atoms with van der Waals surface area (Å²) in [6, 6.07) is 0. The molecule has 0 atom stereocenters. The molecular weight excluding hydrogens is 360 g/mol. The highest BCUT2D eigenvalue weighted by atomic mass is 16.5. The third-order valence-corrected chi connectivity index (χ3v) is 6.41. The SMILES string of the molecule is O=C(c1cnc[nH]1)N1CCC2(CCc3c2nc(N2CCOCC2)[nH]c3=O)CC1. The maximum absolute atomic E-state index is 12.7. The number of carbonyl (C=O) groups is 1. The first kappa shape index (κ1) is 17.4. The van der Waals surface area contributed by atoms with Crippen LogP contribution in [-0.2, 0) is 16.6 Å². The molecule has 2 fully saturated rings. The second-order valence-corrected chi connectivity index (χ2v) is 7.85. The standard InChI is InChI=1S/C19H24N6O3/c26-16-13-1-2-19(15(13)22-18(23-16)25-7-9-28-10-8-25)3-5-24(6-4-19)17(27)14-11-20-12-21-14/h11-12H,1-10H2,(H,20,21)(H,22,23,26). The van der Waals surface area contributed by atoms with Crippen molar-refractivity contribution < 1.29 is 9.53 Å². The average Bonchev–Trinajstić information content (AvgIpc) is 3.38. The lowest BCUT2D eigenvalue weighted by atomic mass is 9.76. The van der Waals surface area contributed by atoms with E-state index in [1.165, 1.54) is 6.33 Å². The number of rotatable bonds is 2. The Balaban J connectivity index is 1.39. The number of hydrogen-bond donors (Lipinski definition) is 2. The molecule has 5 rings (SSSR count). The predicted molar refractivity (Wildman–Crippen MR) is 102 cm³/mol. The summed E-state index contributed by atoms with van der Waals surface area (Å²) in [7, 11) is 0. The number of imidazole rings is 1. The minimum atomic E-state index is -0.102. The molecule has 28 heavy (non-hydrogen) atoms. The minimum Gasteiger partial charge on any atom is -0.378 e. The fraction of sp³-hybridized carbons (Fsp3) is 0.579. The van der Waals surface area contributed by atoms with E-state index in [0.29, 0.717) is 37.9 Å². The number of likely N-dealkylation sites (tertiary alicyclic amines) is 1. The first-order valence-electron chi connectivity index (χ1n) is 9.90. The van der Waals surface area contributed by atoms with Gasteiger partial charge < -0.3 is 19.5 Å². The van der Waals surface area contributed by atoms with Crippen molar-refractivity contribution in [1.82, 2.24) is 24.8 Å². The molecule has 9 heteroatoms. The normalized spacial score (nSPS) is 21.1. The molecule has 2 saturated heterocycles. The Labute approximate surface area is 162 Å². The lowest BCUT2D eigenvalue weighted by Gasteiger charge is -2.39. The largest absolute Gasteiger partial charge is 0.378 e. The molecule has 4 heterocycles. The minimum absolute atomic E-state index is 0.0145. The van der Waals surface area contributed by atoms with Gasteiger partial charge in [0.05, 0.1) is 31.4 Å². The van der Waals surface area contributed by atoms with Crippen LogP contribution in [0.5, 0.6) is 0 Å². The van der Waals surface area contributed by atoms with E-state index in [4.69, 9.17) is 9.72 Å². The zero-order valence-corrected chi connectivity index (χ0v) is 15.7. The lowest BCUT2D eigenvalue weighted by molar-refractivity contribution is 0.0658. The molecule has 2 aromatic heterocycles. The van der Waals surface area contributed by atoms with E-state index < -0.39 is 0 Å². The molecule has 3 aliphatic rings. The number of amides is 1. The summed E-state index contributed by atoms with van der Waals surface area (Å²) in [5.41, 5.74) is 2.18. The van der Waals surface area contributed by atoms with Gasteiger partial charge >= 0.3 is 0 Å². The number of nitrogens with one attached hydrogen (secondary N) is 2. The fourth-order valence-corrected chi connectivity index (χ4v) is 4.73. The number of aromatic amines is 2. The first-order valence-corrected chi connectivity index (χ1v) is 9.90. The number of hydrogen-bond acceptors (Lipinski definition) is 6. The van der Waals surface area contributed by atoms with Crippen LogP contribution in [0.15, 0.2) is 17.3 Å². The summed E-state index contributed by atoms with van der Waals surface area (Å²) in [5.74, 6) is 0.641. The van der Waals surface area contributed by atoms with Crippen molar-refractivity contribution in [2.75, 3.05) is 44.3 Å². The number of morpholine rings is 1. The highest BCUT2D eigenvalue weighted by molar-refractivity contribution is 5.92. The Morgan fingerprint density at radius 1 is 1.14 bits per heavy atom. The van der Waals surface area contributed by atoms with Gasteiger partial charge in [-0.05, 0) is 25.7 Å². The number of carbonyl (C=O) groups excluding carboxylic acids is 1. The molecule has 9 nitrogen and oxygen atoms in total. The summed E-state index contributed by atoms with van der Waals surface area (Å²) < 4.78 is 5.41. The Morgan fingerprint density at radius 2 is 1.93 bits per heavy atom. The topological polar surface area (TPSA) is 107 Å². The number of aromatic nitrogens is 4. The molecule has 0 unspecified atom stereocenters. The van der Waals surface area contributed by atoms with Gasteiger partial charge in [-0.3, -0.25) is 14.6 Å². The lowest BCUT2D eigenvalue weighted by Crippen LogP contribution is -2.45. The van der Waals surface area contributed by atoms with E-state index >= 15 is 0 Å². The Morgan fingerprint density at radius 3 is 2.64 bits per heavy atom. The molecule has 2 aliphatic heterocycles. The van der Waals surface area contributed by atoms with Gasteiger partial charge in [0, 0.05) is 37.2 Å². The van der Waals surface area contributed by atoms with Crippen LogP contribution in [-0.4, -0.2) is 70.1 Å². The highest BCUT2D eigenvalue weighted by Gasteiger charge is 2.45. The average molecular weight is 384 g/mol. The van der Waals surface area contributed by atoms with Crippen LogP contribution in [0.3, 0.4) is 0 Å². The summed E-state index contributed by atoms with van der Waals surface area (Å²) in [5, 5.41) is 0. The molecule has 148 valence electrons. The number of ether oxygens (including phenoxy) is 1. The zero-order valence-electron chi connectivity index (χ0n) is 15.7. The molecular formula is C19H24N6O3. The van der Waals surface area contributed by atoms with E-state index in [1.54, 1.807) is 6.20 Å². The smallest absolute Gasteiger partial charge is 0.271 e. The number of H-pyrrole nitrogens is 2. The first-order chi connectivity index (χ1) is 13.7. The summed E-state index contributed by atoms with van der Waals surface area (Å²) >= 11 is 0. The molecule has 0 saturated carbocycles. The van der Waals surface area contributed by atoms with Crippen LogP contribution >= 0.6 is 0 Å². The predicted octanol–water partition coefficient (Wildman–Crippen LogP) is 0.450. The van der Waals surface area contributed by atoms with E-state index in [-0.39, 0.29) is 16.9 Å². The van der Waals surface area contributed by atoms with Crippen molar-refractivity contribution in [1.29, 1.82) is 0 Å². The molecule has 2 aromatic rings. The van der Waals surface area contributed by atoms with Crippen LogP contribution in [0.1, 0.15) is 41.0 Å². The summed E-state index contributed by atoms with van der Waals surface area (Å²) in [6.45, 7) is 4.10. The maximum atomic E-state index is 12.7. The van der Waals surface area contributed by atoms with Crippen LogP contribution in [0.2, 0.25) is 0 Å². The van der Waals surface area contributed by atoms with Gasteiger partial charge in [-0.2, -0.15) is 0 Å². The van der Waals surface area contributed by atoms with Gasteiger partial charge in [0.25, 0.3) is 11.5 Å². The van der Waals surface area contributed by atoms with E-state index in [9.17, 15) is 9.59 Å². The van der Waals surface area contributed by atoms with Crippen molar-refractivity contribution in [3.05, 3.63) is 39.8 Å². The van der Waals surface area contributed by atoms with E-state index in [1.807, 2.05) is 4.90 Å². The van der Waals surface area contributed by atoms with E-state index in [2.05, 4.69) is 19.9 Å². The molecule has 1 spiro atoms. The van der Waals surface area contributed by atoms with Crippen LogP contribution in [0.25, 0.3) is 0 Å². The van der Waals surface area contributed by atoms with Crippen LogP contribution < -0.4 is 10.5 Å². The fourth-order valence-electron chi connectivity index (χ4n) is 4.73. The Kier molecular flexibility index (Phi) is 4.19. The third kappa shape index (κ3) is 2.81. The molecule has 1 amide bonds. The molecule has 0 bridgehead atoms. The number of anilines is 1. The maximum Gasteiger partial charge on any atom is 0.271 e. The zero-order chi connectivity index (χ0) is 19.1.